The molecule has 162 valence electrons. The number of piperidine rings is 1. The number of thiazole rings is 1. The summed E-state index contributed by atoms with van der Waals surface area (Å²) in [7, 11) is 0. The van der Waals surface area contributed by atoms with E-state index in [0.717, 1.165) is 37.8 Å². The van der Waals surface area contributed by atoms with E-state index in [1.807, 2.05) is 4.90 Å². The maximum Gasteiger partial charge on any atom is 0.248 e. The molecule has 2 aliphatic rings. The van der Waals surface area contributed by atoms with Gasteiger partial charge in [0.05, 0.1) is 11.4 Å². The van der Waals surface area contributed by atoms with Crippen molar-refractivity contribution >= 4 is 28.1 Å². The summed E-state index contributed by atoms with van der Waals surface area (Å²) in [6.45, 7) is 2.32. The Balaban J connectivity index is 1.36. The van der Waals surface area contributed by atoms with E-state index in [1.165, 1.54) is 17.4 Å². The normalized spacial score (nSPS) is 18.6. The molecule has 1 atom stereocenters. The van der Waals surface area contributed by atoms with Crippen LogP contribution in [-0.4, -0.2) is 33.6 Å². The number of benzene rings is 1. The van der Waals surface area contributed by atoms with Crippen molar-refractivity contribution in [3.8, 4) is 11.4 Å². The summed E-state index contributed by atoms with van der Waals surface area (Å²) in [4.78, 5) is 25.0. The summed E-state index contributed by atoms with van der Waals surface area (Å²) < 4.78 is 20.1. The SMILES string of the molecule is Cc1nc(-c2ccc(N3CCCCC3C(=O)Nc3nc4c(s3)CCCC4)c(F)c2)no1. The minimum atomic E-state index is -0.428. The summed E-state index contributed by atoms with van der Waals surface area (Å²) >= 11 is 1.57. The van der Waals surface area contributed by atoms with Gasteiger partial charge in [0.2, 0.25) is 17.6 Å². The van der Waals surface area contributed by atoms with Crippen LogP contribution in [0.25, 0.3) is 11.4 Å². The highest BCUT2D eigenvalue weighted by molar-refractivity contribution is 7.15. The number of aromatic nitrogens is 3. The molecule has 1 unspecified atom stereocenters. The molecule has 5 rings (SSSR count). The fourth-order valence-electron chi connectivity index (χ4n) is 4.38. The second-order valence-electron chi connectivity index (χ2n) is 8.09. The van der Waals surface area contributed by atoms with Crippen molar-refractivity contribution in [1.29, 1.82) is 0 Å². The van der Waals surface area contributed by atoms with Crippen LogP contribution in [0.1, 0.15) is 48.6 Å². The Morgan fingerprint density at radius 2 is 2.10 bits per heavy atom. The number of carbonyl (C=O) groups is 1. The van der Waals surface area contributed by atoms with Crippen LogP contribution in [0.15, 0.2) is 22.7 Å². The van der Waals surface area contributed by atoms with Crippen molar-refractivity contribution in [2.75, 3.05) is 16.8 Å². The van der Waals surface area contributed by atoms with Crippen molar-refractivity contribution < 1.29 is 13.7 Å². The van der Waals surface area contributed by atoms with Crippen LogP contribution in [0.5, 0.6) is 0 Å². The number of halogens is 1. The molecule has 31 heavy (non-hydrogen) atoms. The van der Waals surface area contributed by atoms with Crippen molar-refractivity contribution in [2.24, 2.45) is 0 Å². The molecule has 0 spiro atoms. The van der Waals surface area contributed by atoms with Gasteiger partial charge in [0.1, 0.15) is 11.9 Å². The number of anilines is 2. The lowest BCUT2D eigenvalue weighted by Crippen LogP contribution is -2.47. The number of fused-ring (bicyclic) bond motifs is 1. The molecule has 3 heterocycles. The predicted octanol–water partition coefficient (Wildman–Crippen LogP) is 4.52. The van der Waals surface area contributed by atoms with Crippen molar-refractivity contribution in [3.63, 3.8) is 0 Å². The highest BCUT2D eigenvalue weighted by Gasteiger charge is 2.31. The second-order valence-corrected chi connectivity index (χ2v) is 9.18. The second kappa shape index (κ2) is 8.37. The first-order chi connectivity index (χ1) is 15.1. The zero-order chi connectivity index (χ0) is 21.4. The largest absolute Gasteiger partial charge is 0.357 e. The summed E-state index contributed by atoms with van der Waals surface area (Å²) in [6.07, 6.45) is 6.88. The quantitative estimate of drug-likeness (QED) is 0.641. The first-order valence-electron chi connectivity index (χ1n) is 10.7. The highest BCUT2D eigenvalue weighted by atomic mass is 32.1. The Bertz CT molecular complexity index is 1090. The molecular formula is C22H24FN5O2S. The number of carbonyl (C=O) groups excluding carboxylic acids is 1. The maximum absolute atomic E-state index is 15.1. The molecule has 1 aliphatic carbocycles. The van der Waals surface area contributed by atoms with Gasteiger partial charge >= 0.3 is 0 Å². The van der Waals surface area contributed by atoms with E-state index in [2.05, 4.69) is 20.4 Å². The minimum absolute atomic E-state index is 0.122. The number of hydrogen-bond donors (Lipinski definition) is 1. The van der Waals surface area contributed by atoms with E-state index in [-0.39, 0.29) is 5.91 Å². The van der Waals surface area contributed by atoms with E-state index in [1.54, 1.807) is 30.4 Å². The van der Waals surface area contributed by atoms with Gasteiger partial charge in [-0.05, 0) is 63.1 Å². The lowest BCUT2D eigenvalue weighted by molar-refractivity contribution is -0.117. The van der Waals surface area contributed by atoms with Crippen LogP contribution in [0, 0.1) is 12.7 Å². The van der Waals surface area contributed by atoms with Gasteiger partial charge in [-0.2, -0.15) is 4.98 Å². The van der Waals surface area contributed by atoms with Crippen LogP contribution in [0.4, 0.5) is 15.2 Å². The third-order valence-electron chi connectivity index (χ3n) is 5.92. The van der Waals surface area contributed by atoms with Crippen LogP contribution in [0.2, 0.25) is 0 Å². The molecule has 7 nitrogen and oxygen atoms in total. The zero-order valence-electron chi connectivity index (χ0n) is 17.4. The maximum atomic E-state index is 15.1. The van der Waals surface area contributed by atoms with Gasteiger partial charge in [-0.3, -0.25) is 4.79 Å². The molecule has 0 radical (unpaired) electrons. The van der Waals surface area contributed by atoms with Gasteiger partial charge in [-0.15, -0.1) is 11.3 Å². The van der Waals surface area contributed by atoms with Gasteiger partial charge in [-0.1, -0.05) is 5.16 Å². The number of amides is 1. The Hall–Kier alpha value is -2.81. The molecule has 1 saturated heterocycles. The molecule has 0 bridgehead atoms. The van der Waals surface area contributed by atoms with E-state index >= 15 is 4.39 Å². The Labute approximate surface area is 183 Å². The van der Waals surface area contributed by atoms with Gasteiger partial charge in [-0.25, -0.2) is 9.37 Å². The van der Waals surface area contributed by atoms with Crippen molar-refractivity contribution in [2.45, 2.75) is 57.9 Å². The van der Waals surface area contributed by atoms with Gasteiger partial charge < -0.3 is 14.7 Å². The number of rotatable bonds is 4. The molecule has 2 aromatic heterocycles. The summed E-state index contributed by atoms with van der Waals surface area (Å²) in [5, 5.41) is 7.51. The third kappa shape index (κ3) is 4.06. The highest BCUT2D eigenvalue weighted by Crippen LogP contribution is 2.32. The molecule has 3 aromatic rings. The van der Waals surface area contributed by atoms with Crippen molar-refractivity contribution in [1.82, 2.24) is 15.1 Å². The first kappa shape index (κ1) is 20.1. The Morgan fingerprint density at radius 3 is 2.87 bits per heavy atom. The predicted molar refractivity (Wildman–Crippen MR) is 117 cm³/mol. The molecule has 1 aromatic carbocycles. The Morgan fingerprint density at radius 1 is 1.23 bits per heavy atom. The van der Waals surface area contributed by atoms with E-state index in [4.69, 9.17) is 4.52 Å². The molecule has 1 fully saturated rings. The van der Waals surface area contributed by atoms with Gasteiger partial charge in [0.15, 0.2) is 5.13 Å². The lowest BCUT2D eigenvalue weighted by atomic mass is 10.00. The standard InChI is InChI=1S/C22H24FN5O2S/c1-13-24-20(27-30-13)14-9-10-17(15(23)12-14)28-11-5-4-7-18(28)21(29)26-22-25-16-6-2-3-8-19(16)31-22/h9-10,12,18H,2-8,11H2,1H3,(H,25,26,29). The first-order valence-corrected chi connectivity index (χ1v) is 11.6. The van der Waals surface area contributed by atoms with Gasteiger partial charge in [0.25, 0.3) is 0 Å². The Kier molecular flexibility index (Phi) is 5.43. The van der Waals surface area contributed by atoms with Gasteiger partial charge in [0, 0.05) is 23.9 Å². The number of aryl methyl sites for hydroxylation is 3. The van der Waals surface area contributed by atoms with Crippen LogP contribution in [0.3, 0.4) is 0 Å². The topological polar surface area (TPSA) is 84.2 Å². The fourth-order valence-corrected chi connectivity index (χ4v) is 5.43. The molecule has 0 saturated carbocycles. The van der Waals surface area contributed by atoms with E-state index in [0.29, 0.717) is 41.1 Å². The number of nitrogens with zero attached hydrogens (tertiary/aromatic N) is 4. The van der Waals surface area contributed by atoms with E-state index in [9.17, 15) is 4.79 Å². The molecule has 1 N–H and O–H groups in total. The fraction of sp³-hybridized carbons (Fsp3) is 0.455. The summed E-state index contributed by atoms with van der Waals surface area (Å²) in [6, 6.07) is 4.44. The summed E-state index contributed by atoms with van der Waals surface area (Å²) in [5.41, 5.74) is 2.08. The zero-order valence-corrected chi connectivity index (χ0v) is 18.2. The smallest absolute Gasteiger partial charge is 0.248 e. The molecule has 9 heteroatoms. The monoisotopic (exact) mass is 441 g/mol. The number of hydrogen-bond acceptors (Lipinski definition) is 7. The number of nitrogens with one attached hydrogen (secondary N) is 1. The third-order valence-corrected chi connectivity index (χ3v) is 7.00. The average Bonchev–Trinajstić information content (AvgIpc) is 3.39. The molecule has 1 aliphatic heterocycles. The van der Waals surface area contributed by atoms with Crippen LogP contribution >= 0.6 is 11.3 Å². The average molecular weight is 442 g/mol. The van der Waals surface area contributed by atoms with E-state index < -0.39 is 11.9 Å². The van der Waals surface area contributed by atoms with Crippen LogP contribution in [-0.2, 0) is 17.6 Å². The van der Waals surface area contributed by atoms with Crippen LogP contribution < -0.4 is 10.2 Å². The lowest BCUT2D eigenvalue weighted by Gasteiger charge is -2.36. The molecular weight excluding hydrogens is 417 g/mol. The minimum Gasteiger partial charge on any atom is -0.357 e. The van der Waals surface area contributed by atoms with Crippen molar-refractivity contribution in [3.05, 3.63) is 40.5 Å². The molecule has 1 amide bonds. The summed E-state index contributed by atoms with van der Waals surface area (Å²) in [5.74, 6) is 0.257.